The molecule has 170 valence electrons. The number of anilines is 1. The molecule has 0 aliphatic heterocycles. The number of hydrogen-bond donors (Lipinski definition) is 1. The van der Waals surface area contributed by atoms with E-state index in [9.17, 15) is 9.59 Å². The average Bonchev–Trinajstić information content (AvgIpc) is 2.82. The van der Waals surface area contributed by atoms with Crippen LogP contribution in [0.3, 0.4) is 0 Å². The molecule has 1 N–H and O–H groups in total. The topological polar surface area (TPSA) is 64.6 Å². The van der Waals surface area contributed by atoms with Crippen molar-refractivity contribution in [3.63, 3.8) is 0 Å². The first-order valence-electron chi connectivity index (χ1n) is 10.3. The number of ether oxygens (including phenoxy) is 2. The fraction of sp³-hybridized carbons (Fsp3) is 0.154. The Kier molecular flexibility index (Phi) is 8.93. The fourth-order valence-corrected chi connectivity index (χ4v) is 3.49. The summed E-state index contributed by atoms with van der Waals surface area (Å²) < 4.78 is 10.8. The van der Waals surface area contributed by atoms with E-state index in [2.05, 4.69) is 5.32 Å². The van der Waals surface area contributed by atoms with Crippen LogP contribution in [-0.2, 0) is 27.4 Å². The molecule has 0 spiro atoms. The molecule has 3 aromatic rings. The Labute approximate surface area is 202 Å². The van der Waals surface area contributed by atoms with E-state index in [1.54, 1.807) is 48.5 Å². The molecule has 0 aliphatic rings. The van der Waals surface area contributed by atoms with Crippen LogP contribution < -0.4 is 10.1 Å². The minimum atomic E-state index is -0.609. The molecule has 0 radical (unpaired) electrons. The summed E-state index contributed by atoms with van der Waals surface area (Å²) in [6, 6.07) is 19.9. The van der Waals surface area contributed by atoms with Gasteiger partial charge in [0, 0.05) is 27.4 Å². The minimum absolute atomic E-state index is 0.241. The molecular weight excluding hydrogens is 461 g/mol. The van der Waals surface area contributed by atoms with Gasteiger partial charge in [0.25, 0.3) is 5.91 Å². The van der Waals surface area contributed by atoms with Gasteiger partial charge in [-0.2, -0.15) is 0 Å². The molecule has 0 unspecified atom stereocenters. The largest absolute Gasteiger partial charge is 0.489 e. The lowest BCUT2D eigenvalue weighted by Gasteiger charge is -2.09. The molecule has 0 heterocycles. The number of hydrogen-bond acceptors (Lipinski definition) is 4. The predicted octanol–water partition coefficient (Wildman–Crippen LogP) is 6.33. The van der Waals surface area contributed by atoms with E-state index >= 15 is 0 Å². The number of benzene rings is 3. The average molecular weight is 484 g/mol. The Morgan fingerprint density at radius 3 is 2.33 bits per heavy atom. The summed E-state index contributed by atoms with van der Waals surface area (Å²) in [6.07, 6.45) is 3.66. The van der Waals surface area contributed by atoms with E-state index in [-0.39, 0.29) is 13.2 Å². The molecule has 0 bridgehead atoms. The van der Waals surface area contributed by atoms with Crippen LogP contribution in [0.5, 0.6) is 5.75 Å². The minimum Gasteiger partial charge on any atom is -0.489 e. The molecule has 0 fully saturated rings. The number of amides is 1. The lowest BCUT2D eigenvalue weighted by Crippen LogP contribution is -2.20. The lowest BCUT2D eigenvalue weighted by atomic mass is 10.1. The number of halogens is 2. The van der Waals surface area contributed by atoms with Crippen LogP contribution >= 0.6 is 23.2 Å². The highest BCUT2D eigenvalue weighted by Gasteiger charge is 2.08. The van der Waals surface area contributed by atoms with E-state index in [4.69, 9.17) is 32.7 Å². The van der Waals surface area contributed by atoms with E-state index < -0.39 is 11.9 Å². The Morgan fingerprint density at radius 2 is 1.64 bits per heavy atom. The summed E-state index contributed by atoms with van der Waals surface area (Å²) in [6.45, 7) is 1.88. The smallest absolute Gasteiger partial charge is 0.331 e. The molecule has 1 amide bonds. The second-order valence-electron chi connectivity index (χ2n) is 7.06. The quantitative estimate of drug-likeness (QED) is 0.285. The summed E-state index contributed by atoms with van der Waals surface area (Å²) in [7, 11) is 0. The van der Waals surface area contributed by atoms with Crippen LogP contribution in [0, 0.1) is 0 Å². The maximum atomic E-state index is 12.1. The van der Waals surface area contributed by atoms with Gasteiger partial charge in [0.05, 0.1) is 0 Å². The number of carbonyl (C=O) groups is 2. The Hall–Kier alpha value is -3.28. The molecular formula is C26H23Cl2NO4. The van der Waals surface area contributed by atoms with Crippen molar-refractivity contribution >= 4 is 46.8 Å². The van der Waals surface area contributed by atoms with E-state index in [1.165, 1.54) is 6.08 Å². The summed E-state index contributed by atoms with van der Waals surface area (Å²) >= 11 is 12.3. The molecule has 0 aromatic heterocycles. The zero-order valence-corrected chi connectivity index (χ0v) is 19.5. The third-order valence-corrected chi connectivity index (χ3v) is 5.46. The number of rotatable bonds is 9. The Morgan fingerprint density at radius 1 is 0.939 bits per heavy atom. The Balaban J connectivity index is 1.46. The summed E-state index contributed by atoms with van der Waals surface area (Å²) in [5.74, 6) is -0.366. The maximum Gasteiger partial charge on any atom is 0.331 e. The van der Waals surface area contributed by atoms with Crippen molar-refractivity contribution in [2.75, 3.05) is 11.9 Å². The van der Waals surface area contributed by atoms with Crippen molar-refractivity contribution in [3.05, 3.63) is 99.5 Å². The van der Waals surface area contributed by atoms with Crippen molar-refractivity contribution in [2.24, 2.45) is 0 Å². The van der Waals surface area contributed by atoms with Crippen LogP contribution in [0.15, 0.2) is 72.8 Å². The Bertz CT molecular complexity index is 1120. The third-order valence-electron chi connectivity index (χ3n) is 4.75. The first kappa shape index (κ1) is 24.4. The second kappa shape index (κ2) is 12.1. The molecule has 3 rings (SSSR count). The van der Waals surface area contributed by atoms with Gasteiger partial charge in [-0.15, -0.1) is 0 Å². The van der Waals surface area contributed by atoms with E-state index in [0.717, 1.165) is 28.8 Å². The van der Waals surface area contributed by atoms with Gasteiger partial charge in [-0.3, -0.25) is 4.79 Å². The number of aryl methyl sites for hydroxylation is 1. The molecule has 0 saturated heterocycles. The number of para-hydroxylation sites is 1. The van der Waals surface area contributed by atoms with Crippen molar-refractivity contribution in [2.45, 2.75) is 20.0 Å². The molecule has 0 atom stereocenters. The number of nitrogens with one attached hydrogen (secondary N) is 1. The highest BCUT2D eigenvalue weighted by Crippen LogP contribution is 2.26. The van der Waals surface area contributed by atoms with Gasteiger partial charge in [0.15, 0.2) is 6.61 Å². The van der Waals surface area contributed by atoms with Gasteiger partial charge in [-0.1, -0.05) is 66.5 Å². The molecule has 7 heteroatoms. The van der Waals surface area contributed by atoms with E-state index in [1.807, 2.05) is 31.2 Å². The zero-order valence-electron chi connectivity index (χ0n) is 18.0. The number of esters is 1. The van der Waals surface area contributed by atoms with Crippen molar-refractivity contribution in [3.8, 4) is 5.75 Å². The van der Waals surface area contributed by atoms with Crippen LogP contribution in [0.25, 0.3) is 6.08 Å². The van der Waals surface area contributed by atoms with Crippen molar-refractivity contribution in [1.29, 1.82) is 0 Å². The lowest BCUT2D eigenvalue weighted by molar-refractivity contribution is -0.142. The summed E-state index contributed by atoms with van der Waals surface area (Å²) in [5, 5.41) is 3.85. The second-order valence-corrected chi connectivity index (χ2v) is 7.87. The summed E-state index contributed by atoms with van der Waals surface area (Å²) in [5.41, 5.74) is 3.22. The van der Waals surface area contributed by atoms with Crippen molar-refractivity contribution in [1.82, 2.24) is 0 Å². The summed E-state index contributed by atoms with van der Waals surface area (Å²) in [4.78, 5) is 24.0. The SMILES string of the molecule is CCc1ccccc1NC(=O)COC(=O)C=Cc1ccc(OCc2c(Cl)cccc2Cl)cc1. The molecule has 0 saturated carbocycles. The van der Waals surface area contributed by atoms with Gasteiger partial charge < -0.3 is 14.8 Å². The van der Waals surface area contributed by atoms with Gasteiger partial charge >= 0.3 is 5.97 Å². The van der Waals surface area contributed by atoms with Gasteiger partial charge in [0.1, 0.15) is 12.4 Å². The first-order valence-corrected chi connectivity index (χ1v) is 11.1. The molecule has 3 aromatic carbocycles. The molecule has 5 nitrogen and oxygen atoms in total. The van der Waals surface area contributed by atoms with E-state index in [0.29, 0.717) is 15.8 Å². The highest BCUT2D eigenvalue weighted by molar-refractivity contribution is 6.35. The van der Waals surface area contributed by atoms with Gasteiger partial charge in [-0.05, 0) is 54.0 Å². The normalized spacial score (nSPS) is 10.8. The van der Waals surface area contributed by atoms with Crippen LogP contribution in [-0.4, -0.2) is 18.5 Å². The van der Waals surface area contributed by atoms with Gasteiger partial charge in [0.2, 0.25) is 0 Å². The standard InChI is InChI=1S/C26H23Cl2NO4/c1-2-19-6-3-4-9-24(19)29-25(30)17-33-26(31)15-12-18-10-13-20(14-11-18)32-16-21-22(27)7-5-8-23(21)28/h3-15H,2,16-17H2,1H3,(H,29,30). The number of carbonyl (C=O) groups excluding carboxylic acids is 2. The maximum absolute atomic E-state index is 12.1. The van der Waals surface area contributed by atoms with Crippen LogP contribution in [0.1, 0.15) is 23.6 Å². The van der Waals surface area contributed by atoms with Crippen molar-refractivity contribution < 1.29 is 19.1 Å². The first-order chi connectivity index (χ1) is 16.0. The third kappa shape index (κ3) is 7.38. The molecule has 0 aliphatic carbocycles. The predicted molar refractivity (Wildman–Crippen MR) is 132 cm³/mol. The monoisotopic (exact) mass is 483 g/mol. The zero-order chi connectivity index (χ0) is 23.6. The fourth-order valence-electron chi connectivity index (χ4n) is 2.99. The van der Waals surface area contributed by atoms with Gasteiger partial charge in [-0.25, -0.2) is 4.79 Å². The van der Waals surface area contributed by atoms with Crippen LogP contribution in [0.2, 0.25) is 10.0 Å². The van der Waals surface area contributed by atoms with Crippen LogP contribution in [0.4, 0.5) is 5.69 Å². The molecule has 33 heavy (non-hydrogen) atoms. The highest BCUT2D eigenvalue weighted by atomic mass is 35.5.